The number of para-hydroxylation sites is 2. The maximum atomic E-state index is 11.5. The molecule has 3 nitrogen and oxygen atoms in total. The Morgan fingerprint density at radius 3 is 1.75 bits per heavy atom. The molecular weight excluding hydrogens is 296 g/mol. The molecule has 0 bridgehead atoms. The number of nitrogens with two attached hydrogens (primary N) is 1. The molecule has 3 aromatic rings. The van der Waals surface area contributed by atoms with E-state index in [1.165, 1.54) is 0 Å². The second-order valence-electron chi connectivity index (χ2n) is 4.85. The van der Waals surface area contributed by atoms with Crippen molar-refractivity contribution in [3.05, 3.63) is 96.6 Å². The average Bonchev–Trinajstić information content (AvgIpc) is 2.63. The highest BCUT2D eigenvalue weighted by Crippen LogP contribution is 2.04. The van der Waals surface area contributed by atoms with Crippen molar-refractivity contribution in [1.29, 1.82) is 0 Å². The van der Waals surface area contributed by atoms with Crippen molar-refractivity contribution in [2.75, 3.05) is 11.1 Å². The number of hydrogen-bond acceptors (Lipinski definition) is 2. The molecule has 0 unspecified atom stereocenters. The maximum absolute atomic E-state index is 11.5. The summed E-state index contributed by atoms with van der Waals surface area (Å²) in [6.07, 6.45) is 0. The first-order valence-electron chi connectivity index (χ1n) is 7.47. The molecule has 118 valence electrons. The second-order valence-corrected chi connectivity index (χ2v) is 4.85. The predicted octanol–water partition coefficient (Wildman–Crippen LogP) is 3.95. The van der Waals surface area contributed by atoms with Crippen molar-refractivity contribution in [3.8, 4) is 11.8 Å². The summed E-state index contributed by atoms with van der Waals surface area (Å²) in [6.45, 7) is 0. The number of hydrogen-bond donors (Lipinski definition) is 2. The first-order chi connectivity index (χ1) is 11.7. The highest BCUT2D eigenvalue weighted by Gasteiger charge is 1.95. The lowest BCUT2D eigenvalue weighted by Gasteiger charge is -1.98. The Labute approximate surface area is 142 Å². The van der Waals surface area contributed by atoms with Crippen LogP contribution in [0.5, 0.6) is 0 Å². The van der Waals surface area contributed by atoms with Crippen LogP contribution in [0.3, 0.4) is 0 Å². The van der Waals surface area contributed by atoms with E-state index in [1.54, 1.807) is 0 Å². The summed E-state index contributed by atoms with van der Waals surface area (Å²) in [5.74, 6) is 5.04. The third-order valence-electron chi connectivity index (χ3n) is 2.93. The standard InChI is InChI=1S/C15H11NO.C6H7N/c17-15(16-14-9-5-2-6-10-14)12-11-13-7-3-1-4-8-13;7-6-4-2-1-3-5-6/h1-10H,(H,16,17);1-5H,7H2. The Bertz CT molecular complexity index is 804. The minimum absolute atomic E-state index is 0.306. The van der Waals surface area contributed by atoms with E-state index in [0.29, 0.717) is 0 Å². The molecule has 0 heterocycles. The molecule has 0 fully saturated rings. The van der Waals surface area contributed by atoms with Crippen LogP contribution >= 0.6 is 0 Å². The molecule has 3 rings (SSSR count). The largest absolute Gasteiger partial charge is 0.399 e. The van der Waals surface area contributed by atoms with Crippen LogP contribution in [-0.4, -0.2) is 5.91 Å². The van der Waals surface area contributed by atoms with Gasteiger partial charge < -0.3 is 11.1 Å². The van der Waals surface area contributed by atoms with Crippen LogP contribution in [0.15, 0.2) is 91.0 Å². The van der Waals surface area contributed by atoms with E-state index in [1.807, 2.05) is 91.0 Å². The van der Waals surface area contributed by atoms with Gasteiger partial charge in [-0.2, -0.15) is 0 Å². The summed E-state index contributed by atoms with van der Waals surface area (Å²) in [7, 11) is 0. The zero-order valence-corrected chi connectivity index (χ0v) is 13.1. The van der Waals surface area contributed by atoms with E-state index in [2.05, 4.69) is 17.2 Å². The van der Waals surface area contributed by atoms with E-state index >= 15 is 0 Å². The summed E-state index contributed by atoms with van der Waals surface area (Å²) >= 11 is 0. The van der Waals surface area contributed by atoms with Gasteiger partial charge in [-0.05, 0) is 36.4 Å². The molecule has 1 amide bonds. The highest BCUT2D eigenvalue weighted by molar-refractivity contribution is 6.04. The van der Waals surface area contributed by atoms with Gasteiger partial charge in [0.15, 0.2) is 0 Å². The monoisotopic (exact) mass is 314 g/mol. The van der Waals surface area contributed by atoms with Crippen molar-refractivity contribution >= 4 is 17.3 Å². The fourth-order valence-corrected chi connectivity index (χ4v) is 1.79. The Hall–Kier alpha value is -3.51. The zero-order chi connectivity index (χ0) is 17.0. The molecule has 0 saturated carbocycles. The minimum atomic E-state index is -0.306. The molecule has 0 aliphatic rings. The number of nitrogen functional groups attached to an aromatic ring is 1. The molecule has 24 heavy (non-hydrogen) atoms. The Balaban J connectivity index is 0.000000249. The third kappa shape index (κ3) is 6.50. The summed E-state index contributed by atoms with van der Waals surface area (Å²) in [4.78, 5) is 11.5. The number of benzene rings is 3. The number of rotatable bonds is 1. The first-order valence-corrected chi connectivity index (χ1v) is 7.47. The van der Waals surface area contributed by atoms with Gasteiger partial charge in [0, 0.05) is 22.9 Å². The molecule has 0 aliphatic carbocycles. The van der Waals surface area contributed by atoms with E-state index in [-0.39, 0.29) is 5.91 Å². The van der Waals surface area contributed by atoms with Crippen LogP contribution in [0, 0.1) is 11.8 Å². The fraction of sp³-hybridized carbons (Fsp3) is 0. The number of carbonyl (C=O) groups is 1. The van der Waals surface area contributed by atoms with Crippen LogP contribution in [0.2, 0.25) is 0 Å². The Morgan fingerprint density at radius 2 is 1.25 bits per heavy atom. The number of amides is 1. The van der Waals surface area contributed by atoms with Gasteiger partial charge in [-0.1, -0.05) is 60.5 Å². The van der Waals surface area contributed by atoms with Crippen molar-refractivity contribution < 1.29 is 4.79 Å². The molecule has 3 aromatic carbocycles. The first kappa shape index (κ1) is 16.9. The van der Waals surface area contributed by atoms with E-state index < -0.39 is 0 Å². The summed E-state index contributed by atoms with van der Waals surface area (Å²) in [5.41, 5.74) is 7.76. The van der Waals surface area contributed by atoms with Gasteiger partial charge in [-0.3, -0.25) is 4.79 Å². The SMILES string of the molecule is Nc1ccccc1.O=C(C#Cc1ccccc1)Nc1ccccc1. The topological polar surface area (TPSA) is 55.1 Å². The highest BCUT2D eigenvalue weighted by atomic mass is 16.1. The average molecular weight is 314 g/mol. The molecule has 0 aromatic heterocycles. The van der Waals surface area contributed by atoms with E-state index in [9.17, 15) is 4.79 Å². The smallest absolute Gasteiger partial charge is 0.300 e. The molecule has 0 radical (unpaired) electrons. The predicted molar refractivity (Wildman–Crippen MR) is 99.2 cm³/mol. The van der Waals surface area contributed by atoms with Crippen molar-refractivity contribution in [1.82, 2.24) is 0 Å². The van der Waals surface area contributed by atoms with Crippen LogP contribution in [0.4, 0.5) is 11.4 Å². The van der Waals surface area contributed by atoms with Crippen LogP contribution in [-0.2, 0) is 4.79 Å². The second kappa shape index (κ2) is 9.50. The fourth-order valence-electron chi connectivity index (χ4n) is 1.79. The zero-order valence-electron chi connectivity index (χ0n) is 13.1. The molecule has 3 heteroatoms. The quantitative estimate of drug-likeness (QED) is 0.528. The van der Waals surface area contributed by atoms with Gasteiger partial charge in [0.2, 0.25) is 0 Å². The lowest BCUT2D eigenvalue weighted by molar-refractivity contribution is -0.111. The molecule has 0 aliphatic heterocycles. The molecule has 0 atom stereocenters. The van der Waals surface area contributed by atoms with Crippen LogP contribution in [0.1, 0.15) is 5.56 Å². The van der Waals surface area contributed by atoms with Gasteiger partial charge in [0.05, 0.1) is 0 Å². The number of anilines is 2. The minimum Gasteiger partial charge on any atom is -0.399 e. The van der Waals surface area contributed by atoms with E-state index in [4.69, 9.17) is 5.73 Å². The Kier molecular flexibility index (Phi) is 6.67. The van der Waals surface area contributed by atoms with Gasteiger partial charge in [-0.15, -0.1) is 0 Å². The van der Waals surface area contributed by atoms with Crippen molar-refractivity contribution in [2.24, 2.45) is 0 Å². The van der Waals surface area contributed by atoms with Crippen molar-refractivity contribution in [2.45, 2.75) is 0 Å². The Morgan fingerprint density at radius 1 is 0.750 bits per heavy atom. The van der Waals surface area contributed by atoms with Crippen LogP contribution < -0.4 is 11.1 Å². The molecule has 0 saturated heterocycles. The number of nitrogens with one attached hydrogen (secondary N) is 1. The molecular formula is C21H18N2O. The van der Waals surface area contributed by atoms with Gasteiger partial charge in [0.25, 0.3) is 0 Å². The summed E-state index contributed by atoms with van der Waals surface area (Å²) in [6, 6.07) is 28.2. The summed E-state index contributed by atoms with van der Waals surface area (Å²) < 4.78 is 0. The van der Waals surface area contributed by atoms with E-state index in [0.717, 1.165) is 16.9 Å². The van der Waals surface area contributed by atoms with Crippen molar-refractivity contribution in [3.63, 3.8) is 0 Å². The normalized spacial score (nSPS) is 8.83. The van der Waals surface area contributed by atoms with Gasteiger partial charge >= 0.3 is 5.91 Å². The number of carbonyl (C=O) groups excluding carboxylic acids is 1. The third-order valence-corrected chi connectivity index (χ3v) is 2.93. The van der Waals surface area contributed by atoms with Gasteiger partial charge in [-0.25, -0.2) is 0 Å². The lowest BCUT2D eigenvalue weighted by Crippen LogP contribution is -2.08. The summed E-state index contributed by atoms with van der Waals surface area (Å²) in [5, 5.41) is 2.70. The molecule has 0 spiro atoms. The van der Waals surface area contributed by atoms with Crippen LogP contribution in [0.25, 0.3) is 0 Å². The molecule has 3 N–H and O–H groups in total. The van der Waals surface area contributed by atoms with Gasteiger partial charge in [0.1, 0.15) is 0 Å². The maximum Gasteiger partial charge on any atom is 0.300 e. The lowest BCUT2D eigenvalue weighted by atomic mass is 10.2.